The first-order chi connectivity index (χ1) is 8.72. The lowest BCUT2D eigenvalue weighted by Crippen LogP contribution is -2.09. The summed E-state index contributed by atoms with van der Waals surface area (Å²) in [5, 5.41) is 0. The molecule has 1 aliphatic carbocycles. The predicted octanol–water partition coefficient (Wildman–Crippen LogP) is 3.15. The minimum absolute atomic E-state index is 0.311. The van der Waals surface area contributed by atoms with Crippen LogP contribution in [0.5, 0.6) is 0 Å². The van der Waals surface area contributed by atoms with Crippen molar-refractivity contribution in [1.29, 1.82) is 0 Å². The molecule has 1 aromatic rings. The minimum Gasteiger partial charge on any atom is -0.474 e. The average Bonchev–Trinajstić information content (AvgIpc) is 3.10. The molecule has 0 spiro atoms. The summed E-state index contributed by atoms with van der Waals surface area (Å²) in [6, 6.07) is 6.49. The maximum absolute atomic E-state index is 5.70. The number of ether oxygens (including phenoxy) is 1. The van der Waals surface area contributed by atoms with Gasteiger partial charge in [0, 0.05) is 11.6 Å². The van der Waals surface area contributed by atoms with Crippen LogP contribution in [0.3, 0.4) is 0 Å². The van der Waals surface area contributed by atoms with Crippen LogP contribution in [-0.2, 0) is 4.74 Å². The van der Waals surface area contributed by atoms with Gasteiger partial charge in [-0.2, -0.15) is 0 Å². The zero-order valence-corrected chi connectivity index (χ0v) is 11.1. The second-order valence-corrected chi connectivity index (χ2v) is 5.75. The molecule has 1 saturated carbocycles. The van der Waals surface area contributed by atoms with Gasteiger partial charge in [-0.3, -0.25) is 0 Å². The molecule has 1 aromatic heterocycles. The highest BCUT2D eigenvalue weighted by molar-refractivity contribution is 5.93. The highest BCUT2D eigenvalue weighted by Gasteiger charge is 2.27. The standard InChI is InChI=1S/C15H20N2O/c1-10(2)8-12-9-18-15(16-12)14-5-3-4-13(17-14)11-6-7-11/h3-5,10-12H,6-9H2,1-2H3. The molecule has 3 rings (SSSR count). The zero-order valence-electron chi connectivity index (χ0n) is 11.1. The molecule has 2 heterocycles. The maximum Gasteiger partial charge on any atom is 0.235 e. The number of rotatable bonds is 4. The third-order valence-electron chi connectivity index (χ3n) is 3.44. The largest absolute Gasteiger partial charge is 0.474 e. The van der Waals surface area contributed by atoms with Gasteiger partial charge in [0.2, 0.25) is 5.90 Å². The number of hydrogen-bond acceptors (Lipinski definition) is 3. The van der Waals surface area contributed by atoms with E-state index in [1.807, 2.05) is 6.07 Å². The molecule has 1 fully saturated rings. The van der Waals surface area contributed by atoms with E-state index in [2.05, 4.69) is 36.0 Å². The topological polar surface area (TPSA) is 34.5 Å². The molecule has 3 heteroatoms. The van der Waals surface area contributed by atoms with Gasteiger partial charge in [-0.1, -0.05) is 19.9 Å². The zero-order chi connectivity index (χ0) is 12.5. The van der Waals surface area contributed by atoms with Crippen LogP contribution in [0.4, 0.5) is 0 Å². The van der Waals surface area contributed by atoms with Gasteiger partial charge < -0.3 is 4.74 Å². The highest BCUT2D eigenvalue weighted by Crippen LogP contribution is 2.38. The van der Waals surface area contributed by atoms with Crippen LogP contribution in [0, 0.1) is 5.92 Å². The Morgan fingerprint density at radius 1 is 1.33 bits per heavy atom. The first kappa shape index (κ1) is 11.7. The first-order valence-corrected chi connectivity index (χ1v) is 6.90. The van der Waals surface area contributed by atoms with Crippen molar-refractivity contribution >= 4 is 5.90 Å². The molecule has 2 aliphatic rings. The summed E-state index contributed by atoms with van der Waals surface area (Å²) in [6.07, 6.45) is 3.64. The minimum atomic E-state index is 0.311. The molecular weight excluding hydrogens is 224 g/mol. The lowest BCUT2D eigenvalue weighted by Gasteiger charge is -2.06. The van der Waals surface area contributed by atoms with Gasteiger partial charge in [-0.05, 0) is 37.3 Å². The van der Waals surface area contributed by atoms with E-state index < -0.39 is 0 Å². The SMILES string of the molecule is CC(C)CC1COC(c2cccc(C3CC3)n2)=N1. The second kappa shape index (κ2) is 4.71. The second-order valence-electron chi connectivity index (χ2n) is 5.75. The van der Waals surface area contributed by atoms with Gasteiger partial charge in [0.25, 0.3) is 0 Å². The van der Waals surface area contributed by atoms with Crippen molar-refractivity contribution in [1.82, 2.24) is 4.98 Å². The molecule has 18 heavy (non-hydrogen) atoms. The van der Waals surface area contributed by atoms with Gasteiger partial charge in [0.05, 0.1) is 6.04 Å². The molecule has 3 nitrogen and oxygen atoms in total. The van der Waals surface area contributed by atoms with Crippen molar-refractivity contribution < 1.29 is 4.74 Å². The van der Waals surface area contributed by atoms with Crippen molar-refractivity contribution in [3.63, 3.8) is 0 Å². The third kappa shape index (κ3) is 2.55. The van der Waals surface area contributed by atoms with E-state index in [9.17, 15) is 0 Å². The average molecular weight is 244 g/mol. The summed E-state index contributed by atoms with van der Waals surface area (Å²) >= 11 is 0. The molecular formula is C15H20N2O. The lowest BCUT2D eigenvalue weighted by atomic mass is 10.1. The van der Waals surface area contributed by atoms with Crippen molar-refractivity contribution in [2.24, 2.45) is 10.9 Å². The maximum atomic E-state index is 5.70. The number of aliphatic imine (C=N–C) groups is 1. The van der Waals surface area contributed by atoms with Crippen LogP contribution < -0.4 is 0 Å². The van der Waals surface area contributed by atoms with Gasteiger partial charge >= 0.3 is 0 Å². The number of aromatic nitrogens is 1. The van der Waals surface area contributed by atoms with Crippen molar-refractivity contribution in [2.75, 3.05) is 6.61 Å². The Kier molecular flexibility index (Phi) is 3.06. The summed E-state index contributed by atoms with van der Waals surface area (Å²) in [4.78, 5) is 9.33. The summed E-state index contributed by atoms with van der Waals surface area (Å²) < 4.78 is 5.70. The fourth-order valence-electron chi connectivity index (χ4n) is 2.40. The fraction of sp³-hybridized carbons (Fsp3) is 0.600. The fourth-order valence-corrected chi connectivity index (χ4v) is 2.40. The molecule has 1 unspecified atom stereocenters. The molecule has 0 amide bonds. The summed E-state index contributed by atoms with van der Waals surface area (Å²) in [7, 11) is 0. The molecule has 0 N–H and O–H groups in total. The Bertz CT molecular complexity index is 463. The van der Waals surface area contributed by atoms with Crippen LogP contribution in [0.2, 0.25) is 0 Å². The van der Waals surface area contributed by atoms with Crippen LogP contribution in [-0.4, -0.2) is 23.5 Å². The molecule has 0 radical (unpaired) electrons. The molecule has 96 valence electrons. The Balaban J connectivity index is 1.76. The van der Waals surface area contributed by atoms with Gasteiger partial charge in [-0.25, -0.2) is 9.98 Å². The van der Waals surface area contributed by atoms with E-state index in [0.29, 0.717) is 24.5 Å². The predicted molar refractivity (Wildman–Crippen MR) is 71.9 cm³/mol. The van der Waals surface area contributed by atoms with Crippen LogP contribution >= 0.6 is 0 Å². The summed E-state index contributed by atoms with van der Waals surface area (Å²) in [6.45, 7) is 5.15. The Morgan fingerprint density at radius 3 is 2.89 bits per heavy atom. The normalized spacial score (nSPS) is 23.1. The summed E-state index contributed by atoms with van der Waals surface area (Å²) in [5.74, 6) is 2.08. The molecule has 1 atom stereocenters. The summed E-state index contributed by atoms with van der Waals surface area (Å²) in [5.41, 5.74) is 2.11. The van der Waals surface area contributed by atoms with E-state index in [0.717, 1.165) is 18.0 Å². The number of hydrogen-bond donors (Lipinski definition) is 0. The number of nitrogens with zero attached hydrogens (tertiary/aromatic N) is 2. The van der Waals surface area contributed by atoms with Crippen molar-refractivity contribution in [2.45, 2.75) is 45.1 Å². The highest BCUT2D eigenvalue weighted by atomic mass is 16.5. The van der Waals surface area contributed by atoms with Crippen molar-refractivity contribution in [3.8, 4) is 0 Å². The van der Waals surface area contributed by atoms with E-state index in [-0.39, 0.29) is 0 Å². The van der Waals surface area contributed by atoms with Crippen molar-refractivity contribution in [3.05, 3.63) is 29.6 Å². The molecule has 0 aromatic carbocycles. The Labute approximate surface area is 108 Å². The van der Waals surface area contributed by atoms with Crippen LogP contribution in [0.15, 0.2) is 23.2 Å². The third-order valence-corrected chi connectivity index (χ3v) is 3.44. The monoisotopic (exact) mass is 244 g/mol. The van der Waals surface area contributed by atoms with Gasteiger partial charge in [0.15, 0.2) is 0 Å². The smallest absolute Gasteiger partial charge is 0.235 e. The lowest BCUT2D eigenvalue weighted by molar-refractivity contribution is 0.301. The van der Waals surface area contributed by atoms with Gasteiger partial charge in [0.1, 0.15) is 12.3 Å². The quantitative estimate of drug-likeness (QED) is 0.815. The molecule has 0 saturated heterocycles. The number of pyridine rings is 1. The van der Waals surface area contributed by atoms with E-state index in [1.165, 1.54) is 18.5 Å². The van der Waals surface area contributed by atoms with E-state index in [1.54, 1.807) is 0 Å². The van der Waals surface area contributed by atoms with E-state index in [4.69, 9.17) is 4.74 Å². The first-order valence-electron chi connectivity index (χ1n) is 6.90. The molecule has 0 bridgehead atoms. The Morgan fingerprint density at radius 2 is 2.17 bits per heavy atom. The molecule has 1 aliphatic heterocycles. The van der Waals surface area contributed by atoms with Crippen LogP contribution in [0.25, 0.3) is 0 Å². The van der Waals surface area contributed by atoms with Crippen LogP contribution in [0.1, 0.15) is 50.4 Å². The Hall–Kier alpha value is -1.38. The van der Waals surface area contributed by atoms with Gasteiger partial charge in [-0.15, -0.1) is 0 Å². The van der Waals surface area contributed by atoms with E-state index >= 15 is 0 Å².